The zero-order chi connectivity index (χ0) is 11.4. The molecular formula is C10H17N5O. The lowest BCUT2D eigenvalue weighted by Crippen LogP contribution is -2.39. The fourth-order valence-electron chi connectivity index (χ4n) is 2.09. The standard InChI is InChI=1S/C10H17N5O/c11-9-3-1-2-8(9)10(16)12-4-6-15-7-5-13-14-15/h5,7-9H,1-4,6,11H2,(H,12,16). The highest BCUT2D eigenvalue weighted by atomic mass is 16.1. The Labute approximate surface area is 94.2 Å². The summed E-state index contributed by atoms with van der Waals surface area (Å²) in [6, 6.07) is 0.0337. The third kappa shape index (κ3) is 2.57. The molecular weight excluding hydrogens is 206 g/mol. The van der Waals surface area contributed by atoms with Crippen LogP contribution in [-0.2, 0) is 11.3 Å². The minimum Gasteiger partial charge on any atom is -0.354 e. The van der Waals surface area contributed by atoms with Crippen LogP contribution in [0.3, 0.4) is 0 Å². The Hall–Kier alpha value is -1.43. The van der Waals surface area contributed by atoms with Gasteiger partial charge in [-0.3, -0.25) is 9.48 Å². The second kappa shape index (κ2) is 5.07. The van der Waals surface area contributed by atoms with Gasteiger partial charge in [0.1, 0.15) is 0 Å². The molecule has 1 fully saturated rings. The lowest BCUT2D eigenvalue weighted by Gasteiger charge is -2.14. The van der Waals surface area contributed by atoms with Crippen molar-refractivity contribution in [1.82, 2.24) is 20.3 Å². The largest absolute Gasteiger partial charge is 0.354 e. The van der Waals surface area contributed by atoms with Crippen molar-refractivity contribution in [3.63, 3.8) is 0 Å². The fourth-order valence-corrected chi connectivity index (χ4v) is 2.09. The van der Waals surface area contributed by atoms with Gasteiger partial charge in [-0.05, 0) is 12.8 Å². The van der Waals surface area contributed by atoms with Crippen LogP contribution in [0.2, 0.25) is 0 Å². The van der Waals surface area contributed by atoms with Gasteiger partial charge in [0, 0.05) is 18.8 Å². The molecule has 0 aliphatic heterocycles. The normalized spacial score (nSPS) is 24.6. The molecule has 1 aliphatic carbocycles. The van der Waals surface area contributed by atoms with Crippen molar-refractivity contribution in [2.24, 2.45) is 11.7 Å². The van der Waals surface area contributed by atoms with Gasteiger partial charge in [0.15, 0.2) is 0 Å². The fraction of sp³-hybridized carbons (Fsp3) is 0.700. The second-order valence-electron chi connectivity index (χ2n) is 4.16. The van der Waals surface area contributed by atoms with Gasteiger partial charge in [-0.1, -0.05) is 11.6 Å². The van der Waals surface area contributed by atoms with E-state index >= 15 is 0 Å². The Bertz CT molecular complexity index is 337. The lowest BCUT2D eigenvalue weighted by atomic mass is 10.0. The molecule has 3 N–H and O–H groups in total. The predicted octanol–water partition coefficient (Wildman–Crippen LogP) is -0.478. The molecule has 0 radical (unpaired) electrons. The second-order valence-corrected chi connectivity index (χ2v) is 4.16. The summed E-state index contributed by atoms with van der Waals surface area (Å²) in [5.74, 6) is 0.0702. The van der Waals surface area contributed by atoms with Gasteiger partial charge < -0.3 is 11.1 Å². The molecule has 2 unspecified atom stereocenters. The Balaban J connectivity index is 1.71. The highest BCUT2D eigenvalue weighted by Gasteiger charge is 2.29. The van der Waals surface area contributed by atoms with E-state index in [0.29, 0.717) is 13.1 Å². The molecule has 0 saturated heterocycles. The molecule has 1 saturated carbocycles. The zero-order valence-corrected chi connectivity index (χ0v) is 9.17. The van der Waals surface area contributed by atoms with Crippen molar-refractivity contribution in [1.29, 1.82) is 0 Å². The first-order chi connectivity index (χ1) is 7.77. The average molecular weight is 223 g/mol. The van der Waals surface area contributed by atoms with E-state index in [-0.39, 0.29) is 17.9 Å². The molecule has 1 aromatic heterocycles. The number of nitrogens with two attached hydrogens (primary N) is 1. The smallest absolute Gasteiger partial charge is 0.224 e. The van der Waals surface area contributed by atoms with Crippen LogP contribution in [0.15, 0.2) is 12.4 Å². The Morgan fingerprint density at radius 3 is 3.06 bits per heavy atom. The number of hydrogen-bond acceptors (Lipinski definition) is 4. The number of nitrogens with zero attached hydrogens (tertiary/aromatic N) is 3. The molecule has 6 heteroatoms. The predicted molar refractivity (Wildman–Crippen MR) is 58.3 cm³/mol. The molecule has 2 rings (SSSR count). The van der Waals surface area contributed by atoms with Crippen LogP contribution in [0.5, 0.6) is 0 Å². The van der Waals surface area contributed by atoms with Gasteiger partial charge in [0.25, 0.3) is 0 Å². The molecule has 1 heterocycles. The molecule has 1 aromatic rings. The van der Waals surface area contributed by atoms with Crippen molar-refractivity contribution >= 4 is 5.91 Å². The van der Waals surface area contributed by atoms with Crippen molar-refractivity contribution in [3.05, 3.63) is 12.4 Å². The summed E-state index contributed by atoms with van der Waals surface area (Å²) in [4.78, 5) is 11.7. The third-order valence-corrected chi connectivity index (χ3v) is 3.02. The molecule has 0 spiro atoms. The van der Waals surface area contributed by atoms with Crippen LogP contribution in [-0.4, -0.2) is 33.5 Å². The van der Waals surface area contributed by atoms with Gasteiger partial charge in [-0.2, -0.15) is 0 Å². The summed E-state index contributed by atoms with van der Waals surface area (Å²) in [6.45, 7) is 1.22. The van der Waals surface area contributed by atoms with Crippen LogP contribution < -0.4 is 11.1 Å². The van der Waals surface area contributed by atoms with Crippen LogP contribution in [0.25, 0.3) is 0 Å². The first-order valence-corrected chi connectivity index (χ1v) is 5.65. The summed E-state index contributed by atoms with van der Waals surface area (Å²) >= 11 is 0. The summed E-state index contributed by atoms with van der Waals surface area (Å²) < 4.78 is 1.69. The van der Waals surface area contributed by atoms with Crippen LogP contribution in [0, 0.1) is 5.92 Å². The monoisotopic (exact) mass is 223 g/mol. The molecule has 6 nitrogen and oxygen atoms in total. The van der Waals surface area contributed by atoms with Crippen molar-refractivity contribution < 1.29 is 4.79 Å². The molecule has 1 aliphatic rings. The minimum atomic E-state index is -0.00394. The summed E-state index contributed by atoms with van der Waals surface area (Å²) in [5, 5.41) is 10.4. The maximum Gasteiger partial charge on any atom is 0.224 e. The number of hydrogen-bond donors (Lipinski definition) is 2. The molecule has 88 valence electrons. The molecule has 16 heavy (non-hydrogen) atoms. The van der Waals surface area contributed by atoms with E-state index in [1.54, 1.807) is 17.1 Å². The number of aromatic nitrogens is 3. The maximum atomic E-state index is 11.7. The number of amides is 1. The summed E-state index contributed by atoms with van der Waals surface area (Å²) in [7, 11) is 0. The number of carbonyl (C=O) groups is 1. The van der Waals surface area contributed by atoms with E-state index in [1.807, 2.05) is 0 Å². The van der Waals surface area contributed by atoms with Gasteiger partial charge in [-0.15, -0.1) is 5.10 Å². The SMILES string of the molecule is NC1CCCC1C(=O)NCCn1ccnn1. The van der Waals surface area contributed by atoms with Gasteiger partial charge in [0.2, 0.25) is 5.91 Å². The molecule has 0 bridgehead atoms. The van der Waals surface area contributed by atoms with Gasteiger partial charge in [-0.25, -0.2) is 0 Å². The molecule has 2 atom stereocenters. The van der Waals surface area contributed by atoms with E-state index in [1.165, 1.54) is 0 Å². The van der Waals surface area contributed by atoms with Crippen molar-refractivity contribution in [2.75, 3.05) is 6.54 Å². The number of rotatable bonds is 4. The molecule has 1 amide bonds. The van der Waals surface area contributed by atoms with E-state index in [2.05, 4.69) is 15.6 Å². The number of carbonyl (C=O) groups excluding carboxylic acids is 1. The summed E-state index contributed by atoms with van der Waals surface area (Å²) in [6.07, 6.45) is 6.32. The van der Waals surface area contributed by atoms with E-state index in [0.717, 1.165) is 19.3 Å². The quantitative estimate of drug-likeness (QED) is 0.722. The Morgan fingerprint density at radius 1 is 1.56 bits per heavy atom. The van der Waals surface area contributed by atoms with Crippen molar-refractivity contribution in [2.45, 2.75) is 31.8 Å². The topological polar surface area (TPSA) is 85.8 Å². The van der Waals surface area contributed by atoms with Crippen LogP contribution in [0.1, 0.15) is 19.3 Å². The Kier molecular flexibility index (Phi) is 3.51. The highest BCUT2D eigenvalue weighted by Crippen LogP contribution is 2.23. The first kappa shape index (κ1) is 11.1. The zero-order valence-electron chi connectivity index (χ0n) is 9.17. The van der Waals surface area contributed by atoms with E-state index in [9.17, 15) is 4.79 Å². The van der Waals surface area contributed by atoms with Gasteiger partial charge >= 0.3 is 0 Å². The highest BCUT2D eigenvalue weighted by molar-refractivity contribution is 5.79. The van der Waals surface area contributed by atoms with Crippen LogP contribution >= 0.6 is 0 Å². The number of nitrogens with one attached hydrogen (secondary N) is 1. The van der Waals surface area contributed by atoms with Crippen molar-refractivity contribution in [3.8, 4) is 0 Å². The lowest BCUT2D eigenvalue weighted by molar-refractivity contribution is -0.125. The van der Waals surface area contributed by atoms with Gasteiger partial charge in [0.05, 0.1) is 18.7 Å². The maximum absolute atomic E-state index is 11.7. The van der Waals surface area contributed by atoms with E-state index < -0.39 is 0 Å². The first-order valence-electron chi connectivity index (χ1n) is 5.65. The van der Waals surface area contributed by atoms with Crippen LogP contribution in [0.4, 0.5) is 0 Å². The average Bonchev–Trinajstić information content (AvgIpc) is 2.88. The minimum absolute atomic E-state index is 0.00394. The Morgan fingerprint density at radius 2 is 2.44 bits per heavy atom. The summed E-state index contributed by atoms with van der Waals surface area (Å²) in [5.41, 5.74) is 5.86. The molecule has 0 aromatic carbocycles. The van der Waals surface area contributed by atoms with E-state index in [4.69, 9.17) is 5.73 Å². The third-order valence-electron chi connectivity index (χ3n) is 3.02.